The largest absolute Gasteiger partial charge is 0.507 e. The van der Waals surface area contributed by atoms with Crippen molar-refractivity contribution in [1.82, 2.24) is 5.32 Å². The Balaban J connectivity index is 1.77. The average Bonchev–Trinajstić information content (AvgIpc) is 3.17. The van der Waals surface area contributed by atoms with Gasteiger partial charge in [0.25, 0.3) is 5.91 Å². The zero-order valence-corrected chi connectivity index (χ0v) is 10.0. The number of nitrogens with one attached hydrogen (secondary N) is 1. The van der Waals surface area contributed by atoms with Crippen LogP contribution in [-0.4, -0.2) is 17.1 Å². The van der Waals surface area contributed by atoms with Crippen molar-refractivity contribution in [3.8, 4) is 5.75 Å². The second-order valence-electron chi connectivity index (χ2n) is 5.31. The summed E-state index contributed by atoms with van der Waals surface area (Å²) in [5, 5.41) is 12.5. The summed E-state index contributed by atoms with van der Waals surface area (Å²) in [5.41, 5.74) is -0.233. The SMILES string of the molecule is O=C(NC(C1CC1)C1CC1)c1c(O)cccc1F. The van der Waals surface area contributed by atoms with E-state index in [1.807, 2.05) is 0 Å². The van der Waals surface area contributed by atoms with Gasteiger partial charge in [-0.3, -0.25) is 4.79 Å². The molecule has 2 aliphatic carbocycles. The molecule has 2 fully saturated rings. The van der Waals surface area contributed by atoms with Gasteiger partial charge in [-0.1, -0.05) is 6.07 Å². The van der Waals surface area contributed by atoms with Gasteiger partial charge < -0.3 is 10.4 Å². The van der Waals surface area contributed by atoms with Crippen molar-refractivity contribution in [3.63, 3.8) is 0 Å². The topological polar surface area (TPSA) is 49.3 Å². The molecule has 0 unspecified atom stereocenters. The lowest BCUT2D eigenvalue weighted by atomic mass is 10.1. The first-order chi connectivity index (χ1) is 8.66. The van der Waals surface area contributed by atoms with Crippen molar-refractivity contribution in [2.45, 2.75) is 31.7 Å². The van der Waals surface area contributed by atoms with Crippen LogP contribution in [0.15, 0.2) is 18.2 Å². The second kappa shape index (κ2) is 4.26. The Morgan fingerprint density at radius 3 is 2.39 bits per heavy atom. The van der Waals surface area contributed by atoms with Crippen LogP contribution in [0.4, 0.5) is 4.39 Å². The Labute approximate surface area is 105 Å². The molecule has 18 heavy (non-hydrogen) atoms. The smallest absolute Gasteiger partial charge is 0.258 e. The second-order valence-corrected chi connectivity index (χ2v) is 5.31. The Kier molecular flexibility index (Phi) is 2.73. The lowest BCUT2D eigenvalue weighted by Gasteiger charge is -2.18. The molecule has 2 saturated carbocycles. The maximum absolute atomic E-state index is 13.6. The van der Waals surface area contributed by atoms with E-state index in [-0.39, 0.29) is 17.4 Å². The molecule has 4 heteroatoms. The van der Waals surface area contributed by atoms with Crippen molar-refractivity contribution in [2.75, 3.05) is 0 Å². The van der Waals surface area contributed by atoms with Gasteiger partial charge in [-0.2, -0.15) is 0 Å². The van der Waals surface area contributed by atoms with Crippen LogP contribution in [-0.2, 0) is 0 Å². The summed E-state index contributed by atoms with van der Waals surface area (Å²) in [4.78, 5) is 12.1. The quantitative estimate of drug-likeness (QED) is 0.861. The van der Waals surface area contributed by atoms with Crippen molar-refractivity contribution < 1.29 is 14.3 Å². The molecule has 3 nitrogen and oxygen atoms in total. The lowest BCUT2D eigenvalue weighted by molar-refractivity contribution is 0.0919. The normalized spacial score (nSPS) is 19.0. The molecular formula is C14H16FNO2. The summed E-state index contributed by atoms with van der Waals surface area (Å²) >= 11 is 0. The molecule has 1 aromatic rings. The minimum atomic E-state index is -0.669. The molecule has 1 aromatic carbocycles. The summed E-state index contributed by atoms with van der Waals surface area (Å²) in [5.74, 6) is -0.351. The summed E-state index contributed by atoms with van der Waals surface area (Å²) in [6.07, 6.45) is 4.57. The summed E-state index contributed by atoms with van der Waals surface area (Å²) in [7, 11) is 0. The molecule has 1 amide bonds. The molecule has 3 rings (SSSR count). The standard InChI is InChI=1S/C14H16FNO2/c15-10-2-1-3-11(17)12(10)14(18)16-13(8-4-5-8)9-6-7-9/h1-3,8-9,13,17H,4-7H2,(H,16,18). The van der Waals surface area contributed by atoms with Crippen molar-refractivity contribution >= 4 is 5.91 Å². The minimum absolute atomic E-state index is 0.163. The number of aromatic hydroxyl groups is 1. The Morgan fingerprint density at radius 2 is 1.89 bits per heavy atom. The van der Waals surface area contributed by atoms with Gasteiger partial charge in [0.2, 0.25) is 0 Å². The molecule has 2 aliphatic rings. The van der Waals surface area contributed by atoms with E-state index in [2.05, 4.69) is 5.32 Å². The molecule has 0 atom stereocenters. The fourth-order valence-electron chi connectivity index (χ4n) is 2.49. The number of hydrogen-bond donors (Lipinski definition) is 2. The Morgan fingerprint density at radius 1 is 1.28 bits per heavy atom. The van der Waals surface area contributed by atoms with Crippen molar-refractivity contribution in [2.24, 2.45) is 11.8 Å². The Hall–Kier alpha value is -1.58. The van der Waals surface area contributed by atoms with Gasteiger partial charge in [-0.05, 0) is 49.7 Å². The number of phenolic OH excluding ortho intramolecular Hbond substituents is 1. The molecule has 0 saturated heterocycles. The van der Waals surface area contributed by atoms with Crippen LogP contribution >= 0.6 is 0 Å². The predicted octanol–water partition coefficient (Wildman–Crippen LogP) is 2.45. The van der Waals surface area contributed by atoms with E-state index in [4.69, 9.17) is 0 Å². The molecule has 0 aliphatic heterocycles. The van der Waals surface area contributed by atoms with Crippen molar-refractivity contribution in [3.05, 3.63) is 29.6 Å². The molecule has 0 aromatic heterocycles. The maximum Gasteiger partial charge on any atom is 0.258 e. The van der Waals surface area contributed by atoms with Crippen LogP contribution in [0, 0.1) is 17.7 Å². The summed E-state index contributed by atoms with van der Waals surface area (Å²) in [6.45, 7) is 0. The van der Waals surface area contributed by atoms with E-state index in [0.717, 1.165) is 25.7 Å². The highest BCUT2D eigenvalue weighted by Crippen LogP contribution is 2.44. The number of rotatable bonds is 4. The zero-order valence-electron chi connectivity index (χ0n) is 10.0. The third-order valence-corrected chi connectivity index (χ3v) is 3.78. The monoisotopic (exact) mass is 249 g/mol. The van der Waals surface area contributed by atoms with Gasteiger partial charge in [0.15, 0.2) is 0 Å². The fraction of sp³-hybridized carbons (Fsp3) is 0.500. The van der Waals surface area contributed by atoms with Crippen molar-refractivity contribution in [1.29, 1.82) is 0 Å². The van der Waals surface area contributed by atoms with Gasteiger partial charge in [-0.25, -0.2) is 4.39 Å². The third-order valence-electron chi connectivity index (χ3n) is 3.78. The zero-order chi connectivity index (χ0) is 12.7. The lowest BCUT2D eigenvalue weighted by Crippen LogP contribution is -2.38. The molecule has 0 spiro atoms. The number of benzene rings is 1. The fourth-order valence-corrected chi connectivity index (χ4v) is 2.49. The highest BCUT2D eigenvalue weighted by atomic mass is 19.1. The third kappa shape index (κ3) is 2.19. The van der Waals surface area contributed by atoms with E-state index in [1.165, 1.54) is 18.2 Å². The van der Waals surface area contributed by atoms with Gasteiger partial charge >= 0.3 is 0 Å². The number of carbonyl (C=O) groups excluding carboxylic acids is 1. The molecule has 0 radical (unpaired) electrons. The Bertz CT molecular complexity index is 448. The van der Waals surface area contributed by atoms with Crippen LogP contribution in [0.2, 0.25) is 0 Å². The average molecular weight is 249 g/mol. The van der Waals surface area contributed by atoms with Gasteiger partial charge in [0, 0.05) is 6.04 Å². The van der Waals surface area contributed by atoms with Crippen LogP contribution in [0.3, 0.4) is 0 Å². The number of hydrogen-bond acceptors (Lipinski definition) is 2. The van der Waals surface area contributed by atoms with Crippen LogP contribution < -0.4 is 5.32 Å². The van der Waals surface area contributed by atoms with E-state index in [9.17, 15) is 14.3 Å². The van der Waals surface area contributed by atoms with Crippen LogP contribution in [0.25, 0.3) is 0 Å². The van der Waals surface area contributed by atoms with E-state index >= 15 is 0 Å². The maximum atomic E-state index is 13.6. The van der Waals surface area contributed by atoms with Crippen LogP contribution in [0.5, 0.6) is 5.75 Å². The highest BCUT2D eigenvalue weighted by molar-refractivity contribution is 5.97. The molecule has 0 heterocycles. The highest BCUT2D eigenvalue weighted by Gasteiger charge is 2.42. The van der Waals surface area contributed by atoms with Gasteiger partial charge in [0.1, 0.15) is 17.1 Å². The van der Waals surface area contributed by atoms with Crippen LogP contribution in [0.1, 0.15) is 36.0 Å². The number of phenols is 1. The molecular weight excluding hydrogens is 233 g/mol. The van der Waals surface area contributed by atoms with Gasteiger partial charge in [-0.15, -0.1) is 0 Å². The summed E-state index contributed by atoms with van der Waals surface area (Å²) in [6, 6.07) is 4.08. The molecule has 2 N–H and O–H groups in total. The number of carbonyl (C=O) groups is 1. The van der Waals surface area contributed by atoms with Gasteiger partial charge in [0.05, 0.1) is 0 Å². The van der Waals surface area contributed by atoms with E-state index in [1.54, 1.807) is 0 Å². The first kappa shape index (κ1) is 11.5. The molecule has 96 valence electrons. The predicted molar refractivity (Wildman–Crippen MR) is 64.8 cm³/mol. The first-order valence-electron chi connectivity index (χ1n) is 6.45. The number of halogens is 1. The first-order valence-corrected chi connectivity index (χ1v) is 6.45. The molecule has 0 bridgehead atoms. The van der Waals surface area contributed by atoms with E-state index in [0.29, 0.717) is 11.8 Å². The summed E-state index contributed by atoms with van der Waals surface area (Å²) < 4.78 is 13.6. The van der Waals surface area contributed by atoms with E-state index < -0.39 is 11.7 Å². The minimum Gasteiger partial charge on any atom is -0.507 e. The number of amides is 1.